The lowest BCUT2D eigenvalue weighted by Crippen LogP contribution is -2.38. The molecule has 1 atom stereocenters. The highest BCUT2D eigenvalue weighted by Gasteiger charge is 2.40. The summed E-state index contributed by atoms with van der Waals surface area (Å²) in [5.41, 5.74) is 6.42. The molecule has 0 aromatic heterocycles. The van der Waals surface area contributed by atoms with Gasteiger partial charge in [-0.05, 0) is 68.4 Å². The standard InChI is InChI=1S/C15H30N2/c1-15(2,3)14(16)8-9-17-10-13(11-4-5-11)12-6-7-12/h11-14,17H,4-10,16H2,1-3H3. The van der Waals surface area contributed by atoms with E-state index in [2.05, 4.69) is 26.1 Å². The maximum atomic E-state index is 6.17. The van der Waals surface area contributed by atoms with Gasteiger partial charge >= 0.3 is 0 Å². The van der Waals surface area contributed by atoms with Crippen LogP contribution in [0.15, 0.2) is 0 Å². The molecule has 100 valence electrons. The average molecular weight is 238 g/mol. The van der Waals surface area contributed by atoms with E-state index in [1.807, 2.05) is 0 Å². The van der Waals surface area contributed by atoms with Crippen molar-refractivity contribution in [1.82, 2.24) is 5.32 Å². The van der Waals surface area contributed by atoms with Crippen LogP contribution in [0.2, 0.25) is 0 Å². The van der Waals surface area contributed by atoms with Gasteiger partial charge in [-0.3, -0.25) is 0 Å². The molecular formula is C15H30N2. The molecule has 2 saturated carbocycles. The highest BCUT2D eigenvalue weighted by Crippen LogP contribution is 2.48. The number of nitrogens with two attached hydrogens (primary N) is 1. The molecule has 2 fully saturated rings. The first-order valence-electron chi connectivity index (χ1n) is 7.45. The molecule has 0 amide bonds. The summed E-state index contributed by atoms with van der Waals surface area (Å²) >= 11 is 0. The van der Waals surface area contributed by atoms with Crippen molar-refractivity contribution in [1.29, 1.82) is 0 Å². The fourth-order valence-electron chi connectivity index (χ4n) is 2.73. The second kappa shape index (κ2) is 5.27. The molecular weight excluding hydrogens is 208 g/mol. The van der Waals surface area contributed by atoms with Crippen LogP contribution in [0.1, 0.15) is 52.9 Å². The molecule has 0 heterocycles. The van der Waals surface area contributed by atoms with Gasteiger partial charge in [-0.15, -0.1) is 0 Å². The van der Waals surface area contributed by atoms with Crippen LogP contribution in [0.4, 0.5) is 0 Å². The predicted octanol–water partition coefficient (Wildman–Crippen LogP) is 2.78. The zero-order valence-corrected chi connectivity index (χ0v) is 11.8. The largest absolute Gasteiger partial charge is 0.327 e. The van der Waals surface area contributed by atoms with Crippen molar-refractivity contribution >= 4 is 0 Å². The highest BCUT2D eigenvalue weighted by atomic mass is 14.9. The Kier molecular flexibility index (Phi) is 4.14. The van der Waals surface area contributed by atoms with Crippen LogP contribution >= 0.6 is 0 Å². The SMILES string of the molecule is CC(C)(C)C(N)CCNCC(C1CC1)C1CC1. The van der Waals surface area contributed by atoms with E-state index in [9.17, 15) is 0 Å². The second-order valence-corrected chi connectivity index (χ2v) is 7.30. The molecule has 3 N–H and O–H groups in total. The molecule has 0 aromatic carbocycles. The van der Waals surface area contributed by atoms with Crippen molar-refractivity contribution in [3.63, 3.8) is 0 Å². The van der Waals surface area contributed by atoms with Gasteiger partial charge in [0.25, 0.3) is 0 Å². The lowest BCUT2D eigenvalue weighted by atomic mass is 9.85. The number of hydrogen-bond donors (Lipinski definition) is 2. The summed E-state index contributed by atoms with van der Waals surface area (Å²) in [4.78, 5) is 0. The molecule has 2 rings (SSSR count). The summed E-state index contributed by atoms with van der Waals surface area (Å²) in [5.74, 6) is 3.11. The molecule has 2 heteroatoms. The van der Waals surface area contributed by atoms with Gasteiger partial charge in [0, 0.05) is 6.04 Å². The zero-order valence-electron chi connectivity index (χ0n) is 11.8. The summed E-state index contributed by atoms with van der Waals surface area (Å²) in [6, 6.07) is 0.315. The Morgan fingerprint density at radius 1 is 1.12 bits per heavy atom. The molecule has 2 aliphatic rings. The van der Waals surface area contributed by atoms with Crippen molar-refractivity contribution < 1.29 is 0 Å². The van der Waals surface area contributed by atoms with Crippen molar-refractivity contribution in [3.05, 3.63) is 0 Å². The Morgan fingerprint density at radius 2 is 1.65 bits per heavy atom. The van der Waals surface area contributed by atoms with E-state index in [0.717, 1.165) is 30.7 Å². The monoisotopic (exact) mass is 238 g/mol. The predicted molar refractivity (Wildman–Crippen MR) is 73.9 cm³/mol. The van der Waals surface area contributed by atoms with E-state index in [1.54, 1.807) is 0 Å². The molecule has 2 nitrogen and oxygen atoms in total. The van der Waals surface area contributed by atoms with Gasteiger partial charge in [-0.1, -0.05) is 20.8 Å². The second-order valence-electron chi connectivity index (χ2n) is 7.30. The molecule has 0 bridgehead atoms. The third-order valence-electron chi connectivity index (χ3n) is 4.58. The molecule has 1 unspecified atom stereocenters. The lowest BCUT2D eigenvalue weighted by molar-refractivity contribution is 0.296. The van der Waals surface area contributed by atoms with Gasteiger partial charge in [0.05, 0.1) is 0 Å². The van der Waals surface area contributed by atoms with Crippen LogP contribution in [0.25, 0.3) is 0 Å². The summed E-state index contributed by atoms with van der Waals surface area (Å²) in [6.07, 6.45) is 7.06. The molecule has 0 saturated heterocycles. The van der Waals surface area contributed by atoms with E-state index in [0.29, 0.717) is 6.04 Å². The molecule has 0 aromatic rings. The Hall–Kier alpha value is -0.0800. The van der Waals surface area contributed by atoms with Gasteiger partial charge in [0.15, 0.2) is 0 Å². The Balaban J connectivity index is 1.59. The minimum atomic E-state index is 0.244. The number of hydrogen-bond acceptors (Lipinski definition) is 2. The molecule has 17 heavy (non-hydrogen) atoms. The van der Waals surface area contributed by atoms with Gasteiger partial charge < -0.3 is 11.1 Å². The van der Waals surface area contributed by atoms with Crippen molar-refractivity contribution in [3.8, 4) is 0 Å². The fraction of sp³-hybridized carbons (Fsp3) is 1.00. The summed E-state index contributed by atoms with van der Waals surface area (Å²) in [7, 11) is 0. The minimum Gasteiger partial charge on any atom is -0.327 e. The normalized spacial score (nSPS) is 23.1. The first-order chi connectivity index (χ1) is 7.98. The lowest BCUT2D eigenvalue weighted by Gasteiger charge is -2.27. The van der Waals surface area contributed by atoms with Crippen LogP contribution in [0.5, 0.6) is 0 Å². The Labute approximate surface area is 107 Å². The quantitative estimate of drug-likeness (QED) is 0.669. The van der Waals surface area contributed by atoms with Crippen LogP contribution < -0.4 is 11.1 Å². The summed E-state index contributed by atoms with van der Waals surface area (Å²) in [6.45, 7) is 9.03. The van der Waals surface area contributed by atoms with Gasteiger partial charge in [-0.25, -0.2) is 0 Å². The Bertz CT molecular complexity index is 224. The highest BCUT2D eigenvalue weighted by molar-refractivity contribution is 4.92. The van der Waals surface area contributed by atoms with Crippen molar-refractivity contribution in [2.45, 2.75) is 58.9 Å². The molecule has 0 spiro atoms. The third-order valence-corrected chi connectivity index (χ3v) is 4.58. The van der Waals surface area contributed by atoms with E-state index in [-0.39, 0.29) is 5.41 Å². The summed E-state index contributed by atoms with van der Waals surface area (Å²) < 4.78 is 0. The van der Waals surface area contributed by atoms with E-state index in [4.69, 9.17) is 5.73 Å². The van der Waals surface area contributed by atoms with Gasteiger partial charge in [0.2, 0.25) is 0 Å². The van der Waals surface area contributed by atoms with Crippen LogP contribution in [-0.2, 0) is 0 Å². The van der Waals surface area contributed by atoms with Crippen LogP contribution in [-0.4, -0.2) is 19.1 Å². The topological polar surface area (TPSA) is 38.0 Å². The van der Waals surface area contributed by atoms with Gasteiger partial charge in [0.1, 0.15) is 0 Å². The van der Waals surface area contributed by atoms with Crippen LogP contribution in [0, 0.1) is 23.2 Å². The van der Waals surface area contributed by atoms with E-state index < -0.39 is 0 Å². The smallest absolute Gasteiger partial charge is 0.00997 e. The summed E-state index contributed by atoms with van der Waals surface area (Å²) in [5, 5.41) is 3.65. The first-order valence-corrected chi connectivity index (χ1v) is 7.45. The maximum absolute atomic E-state index is 6.17. The maximum Gasteiger partial charge on any atom is 0.00997 e. The molecule has 0 aliphatic heterocycles. The van der Waals surface area contributed by atoms with Crippen molar-refractivity contribution in [2.75, 3.05) is 13.1 Å². The third kappa shape index (κ3) is 4.26. The minimum absolute atomic E-state index is 0.244. The number of nitrogens with one attached hydrogen (secondary N) is 1. The van der Waals surface area contributed by atoms with Crippen molar-refractivity contribution in [2.24, 2.45) is 28.9 Å². The van der Waals surface area contributed by atoms with Crippen LogP contribution in [0.3, 0.4) is 0 Å². The number of rotatable bonds is 7. The fourth-order valence-corrected chi connectivity index (χ4v) is 2.73. The molecule has 2 aliphatic carbocycles. The van der Waals surface area contributed by atoms with E-state index in [1.165, 1.54) is 32.2 Å². The first kappa shape index (κ1) is 13.4. The Morgan fingerprint density at radius 3 is 2.06 bits per heavy atom. The van der Waals surface area contributed by atoms with E-state index >= 15 is 0 Å². The van der Waals surface area contributed by atoms with Gasteiger partial charge in [-0.2, -0.15) is 0 Å². The average Bonchev–Trinajstić information content (AvgIpc) is 3.10. The molecule has 0 radical (unpaired) electrons. The zero-order chi connectivity index (χ0) is 12.5.